The molecule has 0 saturated heterocycles. The molecule has 5 heteroatoms. The van der Waals surface area contributed by atoms with E-state index in [1.807, 2.05) is 66.7 Å². The number of benzene rings is 3. The molecule has 3 N–H and O–H groups in total. The molecule has 1 heterocycles. The number of hydrogen-bond acceptors (Lipinski definition) is 3. The molecule has 5 nitrogen and oxygen atoms in total. The minimum absolute atomic E-state index is 0.0310. The summed E-state index contributed by atoms with van der Waals surface area (Å²) in [5.74, 6) is -0.109. The summed E-state index contributed by atoms with van der Waals surface area (Å²) in [5.41, 5.74) is 3.75. The lowest BCUT2D eigenvalue weighted by Crippen LogP contribution is -2.25. The summed E-state index contributed by atoms with van der Waals surface area (Å²) >= 11 is 0. The quantitative estimate of drug-likeness (QED) is 0.372. The van der Waals surface area contributed by atoms with Crippen LogP contribution in [-0.2, 0) is 0 Å². The fraction of sp³-hybridized carbons (Fsp3) is 0.154. The van der Waals surface area contributed by atoms with E-state index in [2.05, 4.69) is 15.6 Å². The van der Waals surface area contributed by atoms with Crippen LogP contribution in [0.25, 0.3) is 10.9 Å². The maximum absolute atomic E-state index is 13.6. The van der Waals surface area contributed by atoms with Crippen molar-refractivity contribution in [3.05, 3.63) is 102 Å². The van der Waals surface area contributed by atoms with Gasteiger partial charge in [-0.3, -0.25) is 9.59 Å². The van der Waals surface area contributed by atoms with Crippen LogP contribution in [0.4, 0.5) is 5.69 Å². The zero-order valence-electron chi connectivity index (χ0n) is 17.0. The fourth-order valence-corrected chi connectivity index (χ4v) is 3.79. The molecular formula is C26H23N3O2. The Morgan fingerprint density at radius 1 is 0.903 bits per heavy atom. The highest BCUT2D eigenvalue weighted by atomic mass is 16.1. The highest BCUT2D eigenvalue weighted by molar-refractivity contribution is 6.11. The van der Waals surface area contributed by atoms with Gasteiger partial charge in [-0.15, -0.1) is 0 Å². The second kappa shape index (κ2) is 8.11. The summed E-state index contributed by atoms with van der Waals surface area (Å²) in [4.78, 5) is 29.3. The van der Waals surface area contributed by atoms with Crippen LogP contribution in [0.5, 0.6) is 0 Å². The number of rotatable bonds is 7. The number of amides is 1. The number of carbonyl (C=O) groups is 2. The van der Waals surface area contributed by atoms with E-state index in [1.54, 1.807) is 18.3 Å². The van der Waals surface area contributed by atoms with Crippen molar-refractivity contribution in [2.45, 2.75) is 24.9 Å². The lowest BCUT2D eigenvalue weighted by atomic mass is 9.96. The number of para-hydroxylation sites is 1. The summed E-state index contributed by atoms with van der Waals surface area (Å²) in [5, 5.41) is 7.27. The second-order valence-corrected chi connectivity index (χ2v) is 7.93. The van der Waals surface area contributed by atoms with Crippen LogP contribution in [0.2, 0.25) is 0 Å². The Hall–Kier alpha value is -3.86. The molecule has 0 radical (unpaired) electrons. The van der Waals surface area contributed by atoms with E-state index >= 15 is 0 Å². The molecule has 0 unspecified atom stereocenters. The molecule has 4 aromatic rings. The predicted octanol–water partition coefficient (Wildman–Crippen LogP) is 5.10. The SMILES string of the molecule is O=C(NC1CC1)c1cccc(N[C@@H](C(=O)c2c[nH]c3ccccc23)c2ccccc2)c1. The van der Waals surface area contributed by atoms with E-state index in [0.717, 1.165) is 35.0 Å². The minimum atomic E-state index is -0.581. The average Bonchev–Trinajstić information content (AvgIpc) is 3.52. The third kappa shape index (κ3) is 4.08. The van der Waals surface area contributed by atoms with Gasteiger partial charge in [0.2, 0.25) is 0 Å². The lowest BCUT2D eigenvalue weighted by molar-refractivity contribution is 0.0949. The lowest BCUT2D eigenvalue weighted by Gasteiger charge is -2.20. The topological polar surface area (TPSA) is 74.0 Å². The Bertz CT molecular complexity index is 1240. The Balaban J connectivity index is 1.47. The summed E-state index contributed by atoms with van der Waals surface area (Å²) in [7, 11) is 0. The van der Waals surface area contributed by atoms with Crippen molar-refractivity contribution < 1.29 is 9.59 Å². The normalized spacial score (nSPS) is 14.2. The molecule has 1 atom stereocenters. The smallest absolute Gasteiger partial charge is 0.251 e. The summed E-state index contributed by atoms with van der Waals surface area (Å²) < 4.78 is 0. The number of Topliss-reactive ketones (excluding diaryl/α,β-unsaturated/α-hetero) is 1. The van der Waals surface area contributed by atoms with Gasteiger partial charge >= 0.3 is 0 Å². The number of ketones is 1. The van der Waals surface area contributed by atoms with E-state index in [-0.39, 0.29) is 11.7 Å². The van der Waals surface area contributed by atoms with Crippen molar-refractivity contribution in [1.82, 2.24) is 10.3 Å². The van der Waals surface area contributed by atoms with E-state index in [4.69, 9.17) is 0 Å². The van der Waals surface area contributed by atoms with Gasteiger partial charge in [0.1, 0.15) is 6.04 Å². The van der Waals surface area contributed by atoms with Gasteiger partial charge in [-0.25, -0.2) is 0 Å². The largest absolute Gasteiger partial charge is 0.371 e. The van der Waals surface area contributed by atoms with Gasteiger partial charge in [0, 0.05) is 40.0 Å². The number of aromatic amines is 1. The molecule has 0 spiro atoms. The van der Waals surface area contributed by atoms with E-state index in [0.29, 0.717) is 17.2 Å². The molecule has 0 bridgehead atoms. The fourth-order valence-electron chi connectivity index (χ4n) is 3.79. The Labute approximate surface area is 180 Å². The molecule has 1 amide bonds. The molecule has 1 aromatic heterocycles. The number of anilines is 1. The van der Waals surface area contributed by atoms with Crippen LogP contribution >= 0.6 is 0 Å². The number of nitrogens with one attached hydrogen (secondary N) is 3. The number of H-pyrrole nitrogens is 1. The number of fused-ring (bicyclic) bond motifs is 1. The van der Waals surface area contributed by atoms with Crippen LogP contribution in [0, 0.1) is 0 Å². The standard InChI is InChI=1S/C26H23N3O2/c30-25(22-16-27-23-12-5-4-11-21(22)23)24(17-7-2-1-3-8-17)28-20-10-6-9-18(15-20)26(31)29-19-13-14-19/h1-12,15-16,19,24,27-28H,13-14H2,(H,29,31)/t24-/m1/s1. The van der Waals surface area contributed by atoms with Gasteiger partial charge in [-0.1, -0.05) is 54.6 Å². The van der Waals surface area contributed by atoms with Crippen LogP contribution in [-0.4, -0.2) is 22.7 Å². The predicted molar refractivity (Wildman–Crippen MR) is 122 cm³/mol. The molecule has 0 aliphatic heterocycles. The molecule has 3 aromatic carbocycles. The van der Waals surface area contributed by atoms with Gasteiger partial charge in [-0.2, -0.15) is 0 Å². The second-order valence-electron chi connectivity index (χ2n) is 7.93. The van der Waals surface area contributed by atoms with Crippen LogP contribution in [0.1, 0.15) is 45.2 Å². The maximum atomic E-state index is 13.6. The first-order chi connectivity index (χ1) is 15.2. The highest BCUT2D eigenvalue weighted by Gasteiger charge is 2.26. The van der Waals surface area contributed by atoms with Gasteiger partial charge in [0.15, 0.2) is 5.78 Å². The molecule has 154 valence electrons. The van der Waals surface area contributed by atoms with Crippen molar-refractivity contribution in [3.8, 4) is 0 Å². The molecule has 1 saturated carbocycles. The first-order valence-electron chi connectivity index (χ1n) is 10.5. The van der Waals surface area contributed by atoms with Crippen molar-refractivity contribution in [2.75, 3.05) is 5.32 Å². The molecule has 1 aliphatic rings. The van der Waals surface area contributed by atoms with Crippen molar-refractivity contribution in [2.24, 2.45) is 0 Å². The van der Waals surface area contributed by atoms with E-state index < -0.39 is 6.04 Å². The van der Waals surface area contributed by atoms with Crippen molar-refractivity contribution in [3.63, 3.8) is 0 Å². The molecular weight excluding hydrogens is 386 g/mol. The van der Waals surface area contributed by atoms with Gasteiger partial charge in [0.05, 0.1) is 0 Å². The molecule has 1 aliphatic carbocycles. The minimum Gasteiger partial charge on any atom is -0.371 e. The first-order valence-corrected chi connectivity index (χ1v) is 10.5. The molecule has 1 fully saturated rings. The van der Waals surface area contributed by atoms with Crippen LogP contribution < -0.4 is 10.6 Å². The third-order valence-corrected chi connectivity index (χ3v) is 5.60. The zero-order valence-corrected chi connectivity index (χ0v) is 17.0. The Morgan fingerprint density at radius 3 is 2.48 bits per heavy atom. The average molecular weight is 409 g/mol. The molecule has 5 rings (SSSR count). The van der Waals surface area contributed by atoms with E-state index in [9.17, 15) is 9.59 Å². The number of carbonyl (C=O) groups excluding carboxylic acids is 2. The van der Waals surface area contributed by atoms with E-state index in [1.165, 1.54) is 0 Å². The van der Waals surface area contributed by atoms with Crippen molar-refractivity contribution >= 4 is 28.3 Å². The van der Waals surface area contributed by atoms with Crippen molar-refractivity contribution in [1.29, 1.82) is 0 Å². The van der Waals surface area contributed by atoms with Crippen LogP contribution in [0.15, 0.2) is 85.1 Å². The monoisotopic (exact) mass is 409 g/mol. The van der Waals surface area contributed by atoms with Gasteiger partial charge in [-0.05, 0) is 42.7 Å². The first kappa shape index (κ1) is 19.1. The van der Waals surface area contributed by atoms with Gasteiger partial charge < -0.3 is 15.6 Å². The Morgan fingerprint density at radius 2 is 1.68 bits per heavy atom. The maximum Gasteiger partial charge on any atom is 0.251 e. The zero-order chi connectivity index (χ0) is 21.2. The summed E-state index contributed by atoms with van der Waals surface area (Å²) in [6.07, 6.45) is 3.85. The number of aromatic nitrogens is 1. The summed E-state index contributed by atoms with van der Waals surface area (Å²) in [6.45, 7) is 0. The van der Waals surface area contributed by atoms with Crippen LogP contribution in [0.3, 0.4) is 0 Å². The molecule has 31 heavy (non-hydrogen) atoms. The van der Waals surface area contributed by atoms with Gasteiger partial charge in [0.25, 0.3) is 5.91 Å². The third-order valence-electron chi connectivity index (χ3n) is 5.60. The highest BCUT2D eigenvalue weighted by Crippen LogP contribution is 2.28. The number of hydrogen-bond donors (Lipinski definition) is 3. The summed E-state index contributed by atoms with van der Waals surface area (Å²) in [6, 6.07) is 24.5. The Kier molecular flexibility index (Phi) is 5.00.